The van der Waals surface area contributed by atoms with Gasteiger partial charge >= 0.3 is 0 Å². The molecule has 0 aliphatic rings. The molecule has 4 nitrogen and oxygen atoms in total. The van der Waals surface area contributed by atoms with Gasteiger partial charge in [0.1, 0.15) is 5.82 Å². The fourth-order valence-electron chi connectivity index (χ4n) is 1.94. The quantitative estimate of drug-likeness (QED) is 0.878. The number of rotatable bonds is 4. The molecule has 0 spiro atoms. The second kappa shape index (κ2) is 4.99. The monoisotopic (exact) mass is 230 g/mol. The van der Waals surface area contributed by atoms with Gasteiger partial charge in [-0.2, -0.15) is 0 Å². The number of hydrogen-bond acceptors (Lipinski definition) is 3. The van der Waals surface area contributed by atoms with Gasteiger partial charge in [-0.05, 0) is 32.9 Å². The molecular formula is C13H18N4. The minimum absolute atomic E-state index is 0.387. The zero-order valence-electron chi connectivity index (χ0n) is 10.5. The predicted molar refractivity (Wildman–Crippen MR) is 68.9 cm³/mol. The van der Waals surface area contributed by atoms with E-state index >= 15 is 0 Å². The number of hydrogen-bond donors (Lipinski definition) is 1. The molecule has 0 amide bonds. The van der Waals surface area contributed by atoms with Gasteiger partial charge < -0.3 is 9.88 Å². The van der Waals surface area contributed by atoms with Crippen LogP contribution in [0.1, 0.15) is 31.5 Å². The van der Waals surface area contributed by atoms with E-state index in [0.29, 0.717) is 12.6 Å². The lowest BCUT2D eigenvalue weighted by Crippen LogP contribution is -2.11. The van der Waals surface area contributed by atoms with Crippen LogP contribution in [0.4, 0.5) is 5.69 Å². The second-order valence-corrected chi connectivity index (χ2v) is 4.35. The van der Waals surface area contributed by atoms with E-state index in [9.17, 15) is 0 Å². The van der Waals surface area contributed by atoms with E-state index in [0.717, 1.165) is 17.3 Å². The summed E-state index contributed by atoms with van der Waals surface area (Å²) in [7, 11) is 0. The molecular weight excluding hydrogens is 212 g/mol. The molecule has 2 rings (SSSR count). The van der Waals surface area contributed by atoms with Crippen LogP contribution < -0.4 is 5.32 Å². The third-order valence-corrected chi connectivity index (χ3v) is 2.68. The molecule has 17 heavy (non-hydrogen) atoms. The molecule has 0 aliphatic heterocycles. The Morgan fingerprint density at radius 3 is 2.53 bits per heavy atom. The van der Waals surface area contributed by atoms with E-state index in [1.54, 1.807) is 0 Å². The standard InChI is InChI=1S/C13H18N4/c1-10(2)17-11(3)15-16-13(17)9-14-12-7-5-4-6-8-12/h4-8,10,14H,9H2,1-3H3. The van der Waals surface area contributed by atoms with Crippen molar-refractivity contribution in [2.75, 3.05) is 5.32 Å². The zero-order valence-corrected chi connectivity index (χ0v) is 10.5. The molecule has 0 unspecified atom stereocenters. The van der Waals surface area contributed by atoms with Gasteiger partial charge in [0.25, 0.3) is 0 Å². The molecule has 0 atom stereocenters. The Hall–Kier alpha value is -1.84. The summed E-state index contributed by atoms with van der Waals surface area (Å²) in [5.41, 5.74) is 1.10. The molecule has 1 aromatic carbocycles. The van der Waals surface area contributed by atoms with Crippen molar-refractivity contribution < 1.29 is 0 Å². The smallest absolute Gasteiger partial charge is 0.152 e. The predicted octanol–water partition coefficient (Wildman–Crippen LogP) is 2.78. The van der Waals surface area contributed by atoms with Crippen molar-refractivity contribution in [1.82, 2.24) is 14.8 Å². The molecule has 1 aromatic heterocycles. The minimum Gasteiger partial charge on any atom is -0.378 e. The summed E-state index contributed by atoms with van der Waals surface area (Å²) in [6.45, 7) is 6.97. The first-order chi connectivity index (χ1) is 8.18. The van der Waals surface area contributed by atoms with E-state index in [2.05, 4.69) is 33.9 Å². The van der Waals surface area contributed by atoms with Gasteiger partial charge in [0.2, 0.25) is 0 Å². The molecule has 90 valence electrons. The lowest BCUT2D eigenvalue weighted by molar-refractivity contribution is 0.558. The van der Waals surface area contributed by atoms with Gasteiger partial charge in [-0.1, -0.05) is 18.2 Å². The van der Waals surface area contributed by atoms with Crippen LogP contribution in [0.3, 0.4) is 0 Å². The first kappa shape index (κ1) is 11.6. The summed E-state index contributed by atoms with van der Waals surface area (Å²) in [6, 6.07) is 10.5. The van der Waals surface area contributed by atoms with Crippen LogP contribution in [-0.2, 0) is 6.54 Å². The SMILES string of the molecule is Cc1nnc(CNc2ccccc2)n1C(C)C. The van der Waals surface area contributed by atoms with E-state index in [1.165, 1.54) is 0 Å². The Bertz CT molecular complexity index is 473. The van der Waals surface area contributed by atoms with Gasteiger partial charge in [0, 0.05) is 11.7 Å². The van der Waals surface area contributed by atoms with E-state index in [4.69, 9.17) is 0 Å². The summed E-state index contributed by atoms with van der Waals surface area (Å²) in [5.74, 6) is 1.94. The first-order valence-corrected chi connectivity index (χ1v) is 5.88. The molecule has 4 heteroatoms. The Morgan fingerprint density at radius 1 is 1.18 bits per heavy atom. The number of aryl methyl sites for hydroxylation is 1. The van der Waals surface area contributed by atoms with Crippen molar-refractivity contribution in [2.24, 2.45) is 0 Å². The van der Waals surface area contributed by atoms with Gasteiger partial charge in [-0.3, -0.25) is 0 Å². The molecule has 1 heterocycles. The highest BCUT2D eigenvalue weighted by molar-refractivity contribution is 5.42. The Kier molecular flexibility index (Phi) is 3.42. The number of para-hydroxylation sites is 1. The fourth-order valence-corrected chi connectivity index (χ4v) is 1.94. The minimum atomic E-state index is 0.387. The third kappa shape index (κ3) is 2.64. The number of benzene rings is 1. The number of nitrogens with one attached hydrogen (secondary N) is 1. The van der Waals surface area contributed by atoms with Gasteiger partial charge in [-0.25, -0.2) is 0 Å². The maximum atomic E-state index is 4.20. The van der Waals surface area contributed by atoms with E-state index in [1.807, 2.05) is 37.3 Å². The largest absolute Gasteiger partial charge is 0.378 e. The summed E-state index contributed by atoms with van der Waals surface area (Å²) >= 11 is 0. The van der Waals surface area contributed by atoms with Gasteiger partial charge in [0.15, 0.2) is 5.82 Å². The lowest BCUT2D eigenvalue weighted by atomic mass is 10.3. The normalized spacial score (nSPS) is 10.8. The van der Waals surface area contributed by atoms with Gasteiger partial charge in [-0.15, -0.1) is 10.2 Å². The highest BCUT2D eigenvalue weighted by Gasteiger charge is 2.10. The van der Waals surface area contributed by atoms with Crippen LogP contribution in [0.5, 0.6) is 0 Å². The summed E-state index contributed by atoms with van der Waals surface area (Å²) in [4.78, 5) is 0. The van der Waals surface area contributed by atoms with Crippen LogP contribution in [0.2, 0.25) is 0 Å². The van der Waals surface area contributed by atoms with Crippen LogP contribution in [-0.4, -0.2) is 14.8 Å². The fraction of sp³-hybridized carbons (Fsp3) is 0.385. The van der Waals surface area contributed by atoms with Crippen molar-refractivity contribution in [2.45, 2.75) is 33.4 Å². The number of anilines is 1. The molecule has 1 N–H and O–H groups in total. The maximum absolute atomic E-state index is 4.20. The highest BCUT2D eigenvalue weighted by atomic mass is 15.3. The van der Waals surface area contributed by atoms with E-state index in [-0.39, 0.29) is 0 Å². The molecule has 0 bridgehead atoms. The van der Waals surface area contributed by atoms with E-state index < -0.39 is 0 Å². The zero-order chi connectivity index (χ0) is 12.3. The van der Waals surface area contributed by atoms with Crippen molar-refractivity contribution >= 4 is 5.69 Å². The van der Waals surface area contributed by atoms with Gasteiger partial charge in [0.05, 0.1) is 6.54 Å². The van der Waals surface area contributed by atoms with Crippen molar-refractivity contribution in [1.29, 1.82) is 0 Å². The Morgan fingerprint density at radius 2 is 1.88 bits per heavy atom. The van der Waals surface area contributed by atoms with Crippen LogP contribution >= 0.6 is 0 Å². The lowest BCUT2D eigenvalue weighted by Gasteiger charge is -2.13. The summed E-state index contributed by atoms with van der Waals surface area (Å²) in [5, 5.41) is 11.7. The average molecular weight is 230 g/mol. The van der Waals surface area contributed by atoms with Crippen molar-refractivity contribution in [3.05, 3.63) is 42.0 Å². The Balaban J connectivity index is 2.09. The van der Waals surface area contributed by atoms with Crippen molar-refractivity contribution in [3.63, 3.8) is 0 Å². The highest BCUT2D eigenvalue weighted by Crippen LogP contribution is 2.13. The van der Waals surface area contributed by atoms with Crippen LogP contribution in [0, 0.1) is 6.92 Å². The van der Waals surface area contributed by atoms with Crippen molar-refractivity contribution in [3.8, 4) is 0 Å². The van der Waals surface area contributed by atoms with Crippen LogP contribution in [0.15, 0.2) is 30.3 Å². The van der Waals surface area contributed by atoms with Crippen LogP contribution in [0.25, 0.3) is 0 Å². The number of aromatic nitrogens is 3. The third-order valence-electron chi connectivity index (χ3n) is 2.68. The molecule has 0 saturated heterocycles. The molecule has 0 fully saturated rings. The summed E-state index contributed by atoms with van der Waals surface area (Å²) in [6.07, 6.45) is 0. The number of nitrogens with zero attached hydrogens (tertiary/aromatic N) is 3. The first-order valence-electron chi connectivity index (χ1n) is 5.88. The topological polar surface area (TPSA) is 42.7 Å². The molecule has 0 saturated carbocycles. The second-order valence-electron chi connectivity index (χ2n) is 4.35. The maximum Gasteiger partial charge on any atom is 0.152 e. The molecule has 0 radical (unpaired) electrons. The molecule has 2 aromatic rings. The average Bonchev–Trinajstić information content (AvgIpc) is 2.69. The molecule has 0 aliphatic carbocycles. The Labute approximate surface area is 102 Å². The summed E-state index contributed by atoms with van der Waals surface area (Å²) < 4.78 is 2.15.